The first-order chi connectivity index (χ1) is 18.5. The van der Waals surface area contributed by atoms with Gasteiger partial charge in [0.05, 0.1) is 12.1 Å². The topological polar surface area (TPSA) is 85.5 Å². The third kappa shape index (κ3) is 8.47. The lowest BCUT2D eigenvalue weighted by molar-refractivity contribution is -0.118. The number of benzene rings is 3. The van der Waals surface area contributed by atoms with Crippen LogP contribution in [0.4, 0.5) is 21.5 Å². The van der Waals surface area contributed by atoms with Gasteiger partial charge in [0.2, 0.25) is 11.8 Å². The molecule has 2 atom stereocenters. The number of carbonyl (C=O) groups is 2. The van der Waals surface area contributed by atoms with Crippen molar-refractivity contribution >= 4 is 55.9 Å². The van der Waals surface area contributed by atoms with Crippen molar-refractivity contribution in [2.75, 3.05) is 28.6 Å². The first kappa shape index (κ1) is 31.5. The number of hydrogen-bond acceptors (Lipinski definition) is 5. The normalized spacial score (nSPS) is 17.8. The predicted octanol–water partition coefficient (Wildman–Crippen LogP) is 4.64. The SMILES string of the molecule is O=C(Nc1cccc(CN(Cc2cccc(NC(=O)[C@@H]3CCCN3)c2)c2ccc(F)cc2)c1)[C@@H]1CCCN1.S.S. The van der Waals surface area contributed by atoms with Crippen molar-refractivity contribution < 1.29 is 14.0 Å². The van der Waals surface area contributed by atoms with Crippen molar-refractivity contribution in [2.45, 2.75) is 50.9 Å². The summed E-state index contributed by atoms with van der Waals surface area (Å²) in [6.45, 7) is 2.85. The fourth-order valence-electron chi connectivity index (χ4n) is 5.10. The quantitative estimate of drug-likeness (QED) is 0.295. The molecule has 0 bridgehead atoms. The summed E-state index contributed by atoms with van der Waals surface area (Å²) in [6, 6.07) is 21.8. The van der Waals surface area contributed by atoms with E-state index in [1.165, 1.54) is 12.1 Å². The summed E-state index contributed by atoms with van der Waals surface area (Å²) >= 11 is 0. The first-order valence-corrected chi connectivity index (χ1v) is 13.3. The minimum absolute atomic E-state index is 0. The average Bonchev–Trinajstić information content (AvgIpc) is 3.64. The van der Waals surface area contributed by atoms with E-state index in [2.05, 4.69) is 26.2 Å². The highest BCUT2D eigenvalue weighted by Crippen LogP contribution is 2.24. The van der Waals surface area contributed by atoms with Gasteiger partial charge in [-0.3, -0.25) is 9.59 Å². The molecule has 7 nitrogen and oxygen atoms in total. The van der Waals surface area contributed by atoms with Gasteiger partial charge in [0.25, 0.3) is 0 Å². The van der Waals surface area contributed by atoms with Crippen molar-refractivity contribution in [3.63, 3.8) is 0 Å². The molecule has 2 amide bonds. The lowest BCUT2D eigenvalue weighted by atomic mass is 10.1. The van der Waals surface area contributed by atoms with Crippen LogP contribution in [0.15, 0.2) is 72.8 Å². The summed E-state index contributed by atoms with van der Waals surface area (Å²) in [5, 5.41) is 12.5. The number of rotatable bonds is 9. The van der Waals surface area contributed by atoms with Gasteiger partial charge in [0, 0.05) is 30.2 Å². The molecule has 3 aromatic rings. The number of halogens is 1. The Morgan fingerprint density at radius 3 is 1.65 bits per heavy atom. The van der Waals surface area contributed by atoms with E-state index in [0.717, 1.165) is 67.0 Å². The van der Waals surface area contributed by atoms with Gasteiger partial charge >= 0.3 is 0 Å². The molecule has 0 unspecified atom stereocenters. The maximum absolute atomic E-state index is 13.7. The molecule has 3 aromatic carbocycles. The molecule has 5 rings (SSSR count). The second kappa shape index (κ2) is 15.1. The van der Waals surface area contributed by atoms with Gasteiger partial charge in [-0.25, -0.2) is 4.39 Å². The van der Waals surface area contributed by atoms with Crippen molar-refractivity contribution in [1.82, 2.24) is 10.6 Å². The Kier molecular flexibility index (Phi) is 11.9. The largest absolute Gasteiger partial charge is 0.363 e. The standard InChI is InChI=1S/C30H34FN5O2.2H2S/c31-23-11-13-26(14-12-23)36(19-21-5-1-7-24(17-21)34-29(37)27-9-3-15-32-27)20-22-6-2-8-25(18-22)35-30(38)28-10-4-16-33-28;;/h1-2,5-8,11-14,17-18,27-28,32-33H,3-4,9-10,15-16,19-20H2,(H,34,37)(H,35,38);2*1H2/t27-,28-;;/m0../s1. The van der Waals surface area contributed by atoms with Crippen molar-refractivity contribution in [1.29, 1.82) is 0 Å². The average molecular weight is 584 g/mol. The van der Waals surface area contributed by atoms with Crippen LogP contribution >= 0.6 is 27.0 Å². The van der Waals surface area contributed by atoms with Gasteiger partial charge in [0.1, 0.15) is 5.82 Å². The zero-order valence-corrected chi connectivity index (χ0v) is 24.4. The van der Waals surface area contributed by atoms with Crippen LogP contribution in [0.5, 0.6) is 0 Å². The van der Waals surface area contributed by atoms with E-state index in [4.69, 9.17) is 0 Å². The first-order valence-electron chi connectivity index (χ1n) is 13.3. The molecule has 4 N–H and O–H groups in total. The van der Waals surface area contributed by atoms with Gasteiger partial charge < -0.3 is 26.2 Å². The Morgan fingerprint density at radius 2 is 1.23 bits per heavy atom. The Bertz CT molecular complexity index is 1190. The van der Waals surface area contributed by atoms with E-state index >= 15 is 0 Å². The van der Waals surface area contributed by atoms with Crippen LogP contribution in [0.1, 0.15) is 36.8 Å². The smallest absolute Gasteiger partial charge is 0.241 e. The molecule has 0 radical (unpaired) electrons. The highest BCUT2D eigenvalue weighted by molar-refractivity contribution is 7.59. The molecule has 0 saturated carbocycles. The van der Waals surface area contributed by atoms with E-state index in [1.807, 2.05) is 48.5 Å². The van der Waals surface area contributed by atoms with Crippen LogP contribution in [0.25, 0.3) is 0 Å². The van der Waals surface area contributed by atoms with Gasteiger partial charge in [-0.15, -0.1) is 0 Å². The summed E-state index contributed by atoms with van der Waals surface area (Å²) in [4.78, 5) is 27.3. The van der Waals surface area contributed by atoms with Gasteiger partial charge in [-0.05, 0) is 98.4 Å². The molecule has 10 heteroatoms. The lowest BCUT2D eigenvalue weighted by Crippen LogP contribution is -2.35. The van der Waals surface area contributed by atoms with Crippen LogP contribution in [-0.2, 0) is 22.7 Å². The molecule has 2 heterocycles. The zero-order valence-electron chi connectivity index (χ0n) is 22.4. The maximum Gasteiger partial charge on any atom is 0.241 e. The number of anilines is 3. The van der Waals surface area contributed by atoms with Gasteiger partial charge in [-0.1, -0.05) is 24.3 Å². The molecule has 40 heavy (non-hydrogen) atoms. The number of amides is 2. The summed E-state index contributed by atoms with van der Waals surface area (Å²) in [5.74, 6) is -0.312. The number of hydrogen-bond donors (Lipinski definition) is 4. The van der Waals surface area contributed by atoms with E-state index in [1.54, 1.807) is 12.1 Å². The highest BCUT2D eigenvalue weighted by atomic mass is 32.1. The molecule has 2 saturated heterocycles. The summed E-state index contributed by atoms with van der Waals surface area (Å²) in [5.41, 5.74) is 4.42. The Labute approximate surface area is 249 Å². The molecular weight excluding hydrogens is 545 g/mol. The second-order valence-corrected chi connectivity index (χ2v) is 10.0. The molecule has 214 valence electrons. The summed E-state index contributed by atoms with van der Waals surface area (Å²) in [6.07, 6.45) is 3.71. The predicted molar refractivity (Wildman–Crippen MR) is 169 cm³/mol. The van der Waals surface area contributed by atoms with Crippen LogP contribution in [0.2, 0.25) is 0 Å². The summed E-state index contributed by atoms with van der Waals surface area (Å²) < 4.78 is 13.7. The number of nitrogens with zero attached hydrogens (tertiary/aromatic N) is 1. The zero-order chi connectivity index (χ0) is 26.3. The van der Waals surface area contributed by atoms with Crippen LogP contribution in [0, 0.1) is 5.82 Å². The van der Waals surface area contributed by atoms with Crippen LogP contribution in [-0.4, -0.2) is 37.0 Å². The molecule has 0 spiro atoms. The third-order valence-corrected chi connectivity index (χ3v) is 7.08. The third-order valence-electron chi connectivity index (χ3n) is 7.08. The fourth-order valence-corrected chi connectivity index (χ4v) is 5.10. The van der Waals surface area contributed by atoms with E-state index < -0.39 is 0 Å². The van der Waals surface area contributed by atoms with E-state index in [9.17, 15) is 14.0 Å². The number of nitrogens with one attached hydrogen (secondary N) is 4. The molecule has 2 fully saturated rings. The molecule has 2 aliphatic heterocycles. The minimum atomic E-state index is -0.288. The summed E-state index contributed by atoms with van der Waals surface area (Å²) in [7, 11) is 0. The molecule has 0 aromatic heterocycles. The number of carbonyl (C=O) groups excluding carboxylic acids is 2. The highest BCUT2D eigenvalue weighted by Gasteiger charge is 2.23. The Morgan fingerprint density at radius 1 is 0.750 bits per heavy atom. The van der Waals surface area contributed by atoms with Crippen LogP contribution < -0.4 is 26.2 Å². The van der Waals surface area contributed by atoms with Crippen molar-refractivity contribution in [3.8, 4) is 0 Å². The monoisotopic (exact) mass is 583 g/mol. The molecule has 2 aliphatic rings. The molecular formula is C30H38FN5O2S2. The van der Waals surface area contributed by atoms with Gasteiger partial charge in [0.15, 0.2) is 0 Å². The Hall–Kier alpha value is -3.05. The Balaban J connectivity index is 0.00000220. The lowest BCUT2D eigenvalue weighted by Gasteiger charge is -2.26. The minimum Gasteiger partial charge on any atom is -0.363 e. The van der Waals surface area contributed by atoms with Crippen molar-refractivity contribution in [2.24, 2.45) is 0 Å². The van der Waals surface area contributed by atoms with Gasteiger partial charge in [-0.2, -0.15) is 27.0 Å². The maximum atomic E-state index is 13.7. The van der Waals surface area contributed by atoms with Crippen LogP contribution in [0.3, 0.4) is 0 Å². The second-order valence-electron chi connectivity index (χ2n) is 10.0. The van der Waals surface area contributed by atoms with Crippen molar-refractivity contribution in [3.05, 3.63) is 89.7 Å². The van der Waals surface area contributed by atoms with E-state index in [-0.39, 0.29) is 56.7 Å². The fraction of sp³-hybridized carbons (Fsp3) is 0.333. The van der Waals surface area contributed by atoms with E-state index in [0.29, 0.717) is 13.1 Å². The molecule has 0 aliphatic carbocycles.